The normalized spacial score (nSPS) is 16.2. The molecule has 5 rings (SSSR count). The maximum absolute atomic E-state index is 6.11. The second-order valence-electron chi connectivity index (χ2n) is 6.29. The molecule has 26 heavy (non-hydrogen) atoms. The maximum atomic E-state index is 6.11. The van der Waals surface area contributed by atoms with Gasteiger partial charge in [0.1, 0.15) is 5.52 Å². The molecule has 4 aromatic rings. The lowest BCUT2D eigenvalue weighted by molar-refractivity contribution is -0.129. The second-order valence-corrected chi connectivity index (χ2v) is 6.29. The van der Waals surface area contributed by atoms with Gasteiger partial charge in [-0.25, -0.2) is 0 Å². The first-order chi connectivity index (χ1) is 12.9. The summed E-state index contributed by atoms with van der Waals surface area (Å²) in [5, 5.41) is 5.15. The van der Waals surface area contributed by atoms with Crippen molar-refractivity contribution in [1.29, 1.82) is 0 Å². The highest BCUT2D eigenvalue weighted by atomic mass is 16.7. The lowest BCUT2D eigenvalue weighted by Gasteiger charge is -2.28. The van der Waals surface area contributed by atoms with Crippen LogP contribution in [0.4, 0.5) is 0 Å². The van der Waals surface area contributed by atoms with Crippen LogP contribution in [0.1, 0.15) is 11.1 Å². The molecule has 0 radical (unpaired) electrons. The van der Waals surface area contributed by atoms with Crippen LogP contribution in [0.3, 0.4) is 0 Å². The average Bonchev–Trinajstić information content (AvgIpc) is 3.37. The van der Waals surface area contributed by atoms with Crippen molar-refractivity contribution in [3.63, 3.8) is 0 Å². The lowest BCUT2D eigenvalue weighted by atomic mass is 9.95. The van der Waals surface area contributed by atoms with Crippen molar-refractivity contribution in [3.05, 3.63) is 90.0 Å². The van der Waals surface area contributed by atoms with Crippen LogP contribution in [0.2, 0.25) is 0 Å². The zero-order chi connectivity index (χ0) is 17.4. The Morgan fingerprint density at radius 3 is 2.15 bits per heavy atom. The summed E-state index contributed by atoms with van der Waals surface area (Å²) in [7, 11) is 0. The van der Waals surface area contributed by atoms with Gasteiger partial charge in [0.2, 0.25) is 5.79 Å². The first-order valence-corrected chi connectivity index (χ1v) is 8.66. The molecule has 0 bridgehead atoms. The Balaban J connectivity index is 1.69. The molecular formula is C22H17NO3. The molecule has 4 heteroatoms. The predicted octanol–water partition coefficient (Wildman–Crippen LogP) is 4.74. The number of fused-ring (bicyclic) bond motifs is 1. The number of benzene rings is 3. The average molecular weight is 343 g/mol. The number of hydrogen-bond donors (Lipinski definition) is 0. The third-order valence-electron chi connectivity index (χ3n) is 4.74. The van der Waals surface area contributed by atoms with Gasteiger partial charge in [-0.2, -0.15) is 0 Å². The SMILES string of the molecule is c1ccc(-c2onc3ccc(C4(c5ccccc5)OCCO4)cc23)cc1. The van der Waals surface area contributed by atoms with Gasteiger partial charge in [-0.05, 0) is 12.1 Å². The number of nitrogens with zero attached hydrogens (tertiary/aromatic N) is 1. The van der Waals surface area contributed by atoms with E-state index >= 15 is 0 Å². The highest BCUT2D eigenvalue weighted by Gasteiger charge is 2.40. The van der Waals surface area contributed by atoms with Crippen LogP contribution in [0, 0.1) is 0 Å². The van der Waals surface area contributed by atoms with E-state index in [4.69, 9.17) is 14.0 Å². The zero-order valence-corrected chi connectivity index (χ0v) is 14.1. The fraction of sp³-hybridized carbons (Fsp3) is 0.136. The van der Waals surface area contributed by atoms with E-state index in [1.807, 2.05) is 72.8 Å². The molecule has 1 aliphatic heterocycles. The minimum atomic E-state index is -0.888. The third-order valence-corrected chi connectivity index (χ3v) is 4.74. The molecule has 0 amide bonds. The van der Waals surface area contributed by atoms with Gasteiger partial charge in [-0.15, -0.1) is 0 Å². The Morgan fingerprint density at radius 2 is 1.42 bits per heavy atom. The van der Waals surface area contributed by atoms with Crippen LogP contribution in [-0.4, -0.2) is 18.4 Å². The number of aromatic nitrogens is 1. The van der Waals surface area contributed by atoms with E-state index in [0.717, 1.165) is 33.4 Å². The van der Waals surface area contributed by atoms with Gasteiger partial charge in [0.05, 0.1) is 18.6 Å². The van der Waals surface area contributed by atoms with Gasteiger partial charge in [0.25, 0.3) is 0 Å². The van der Waals surface area contributed by atoms with Crippen molar-refractivity contribution in [2.75, 3.05) is 13.2 Å². The van der Waals surface area contributed by atoms with Gasteiger partial charge < -0.3 is 14.0 Å². The Bertz CT molecular complexity index is 1030. The molecule has 1 aliphatic rings. The van der Waals surface area contributed by atoms with E-state index in [1.54, 1.807) is 0 Å². The molecule has 0 N–H and O–H groups in total. The minimum absolute atomic E-state index is 0.558. The summed E-state index contributed by atoms with van der Waals surface area (Å²) < 4.78 is 17.8. The monoisotopic (exact) mass is 343 g/mol. The molecule has 4 nitrogen and oxygen atoms in total. The van der Waals surface area contributed by atoms with Crippen molar-refractivity contribution in [2.45, 2.75) is 5.79 Å². The molecule has 0 saturated carbocycles. The molecule has 0 aliphatic carbocycles. The van der Waals surface area contributed by atoms with Crippen LogP contribution in [0.15, 0.2) is 83.4 Å². The van der Waals surface area contributed by atoms with Gasteiger partial charge in [-0.3, -0.25) is 0 Å². The fourth-order valence-electron chi connectivity index (χ4n) is 3.51. The smallest absolute Gasteiger partial charge is 0.222 e. The molecule has 128 valence electrons. The molecule has 3 aromatic carbocycles. The van der Waals surface area contributed by atoms with Gasteiger partial charge in [0.15, 0.2) is 5.76 Å². The second kappa shape index (κ2) is 6.09. The molecular weight excluding hydrogens is 326 g/mol. The minimum Gasteiger partial charge on any atom is -0.355 e. The zero-order valence-electron chi connectivity index (χ0n) is 14.1. The molecule has 1 aromatic heterocycles. The summed E-state index contributed by atoms with van der Waals surface area (Å²) in [6, 6.07) is 26.0. The molecule has 1 saturated heterocycles. The molecule has 0 unspecified atom stereocenters. The van der Waals surface area contributed by atoms with Crippen LogP contribution in [0.25, 0.3) is 22.2 Å². The summed E-state index contributed by atoms with van der Waals surface area (Å²) in [6.07, 6.45) is 0. The standard InChI is InChI=1S/C22H17NO3/c1-3-7-16(8-4-1)21-19-15-18(11-12-20(19)23-26-21)22(24-13-14-25-22)17-9-5-2-6-10-17/h1-12,15H,13-14H2. The van der Waals surface area contributed by atoms with E-state index in [9.17, 15) is 0 Å². The Kier molecular flexibility index (Phi) is 3.59. The maximum Gasteiger partial charge on any atom is 0.222 e. The summed E-state index contributed by atoms with van der Waals surface area (Å²) in [6.45, 7) is 1.12. The van der Waals surface area contributed by atoms with Crippen LogP contribution in [-0.2, 0) is 15.3 Å². The van der Waals surface area contributed by atoms with Crippen LogP contribution < -0.4 is 0 Å². The fourth-order valence-corrected chi connectivity index (χ4v) is 3.51. The van der Waals surface area contributed by atoms with E-state index in [0.29, 0.717) is 13.2 Å². The first-order valence-electron chi connectivity index (χ1n) is 8.66. The highest BCUT2D eigenvalue weighted by Crippen LogP contribution is 2.40. The lowest BCUT2D eigenvalue weighted by Crippen LogP contribution is -2.28. The van der Waals surface area contributed by atoms with Crippen LogP contribution in [0.5, 0.6) is 0 Å². The van der Waals surface area contributed by atoms with E-state index in [-0.39, 0.29) is 0 Å². The molecule has 2 heterocycles. The van der Waals surface area contributed by atoms with Gasteiger partial charge in [0, 0.05) is 16.7 Å². The molecule has 0 atom stereocenters. The van der Waals surface area contributed by atoms with Crippen molar-refractivity contribution < 1.29 is 14.0 Å². The quantitative estimate of drug-likeness (QED) is 0.539. The number of rotatable bonds is 3. The number of hydrogen-bond acceptors (Lipinski definition) is 4. The Labute approximate surface area is 151 Å². The van der Waals surface area contributed by atoms with Crippen molar-refractivity contribution in [3.8, 4) is 11.3 Å². The van der Waals surface area contributed by atoms with E-state index in [2.05, 4.69) is 11.2 Å². The van der Waals surface area contributed by atoms with Gasteiger partial charge >= 0.3 is 0 Å². The Hall–Kier alpha value is -2.95. The summed E-state index contributed by atoms with van der Waals surface area (Å²) in [5.74, 6) is -0.135. The van der Waals surface area contributed by atoms with Crippen molar-refractivity contribution in [1.82, 2.24) is 5.16 Å². The Morgan fingerprint density at radius 1 is 0.731 bits per heavy atom. The molecule has 0 spiro atoms. The molecule has 1 fully saturated rings. The van der Waals surface area contributed by atoms with E-state index < -0.39 is 5.79 Å². The van der Waals surface area contributed by atoms with Gasteiger partial charge in [-0.1, -0.05) is 71.9 Å². The topological polar surface area (TPSA) is 44.5 Å². The summed E-state index contributed by atoms with van der Waals surface area (Å²) >= 11 is 0. The van der Waals surface area contributed by atoms with Crippen molar-refractivity contribution >= 4 is 10.9 Å². The predicted molar refractivity (Wildman–Crippen MR) is 98.6 cm³/mol. The van der Waals surface area contributed by atoms with E-state index in [1.165, 1.54) is 0 Å². The summed E-state index contributed by atoms with van der Waals surface area (Å²) in [5.41, 5.74) is 3.73. The highest BCUT2D eigenvalue weighted by molar-refractivity contribution is 5.92. The largest absolute Gasteiger partial charge is 0.355 e. The summed E-state index contributed by atoms with van der Waals surface area (Å²) in [4.78, 5) is 0. The number of ether oxygens (including phenoxy) is 2. The van der Waals surface area contributed by atoms with Crippen molar-refractivity contribution in [2.24, 2.45) is 0 Å². The third kappa shape index (κ3) is 2.35. The first kappa shape index (κ1) is 15.3. The van der Waals surface area contributed by atoms with Crippen LogP contribution >= 0.6 is 0 Å².